The summed E-state index contributed by atoms with van der Waals surface area (Å²) in [4.78, 5) is 12.4. The molecule has 1 N–H and O–H groups in total. The molecule has 0 saturated heterocycles. The van der Waals surface area contributed by atoms with Gasteiger partial charge in [0.25, 0.3) is 5.91 Å². The van der Waals surface area contributed by atoms with E-state index in [1.807, 2.05) is 48.5 Å². The predicted molar refractivity (Wildman–Crippen MR) is 101 cm³/mol. The van der Waals surface area contributed by atoms with Gasteiger partial charge >= 0.3 is 0 Å². The Bertz CT molecular complexity index is 839. The normalized spacial score (nSPS) is 10.5. The number of carbonyl (C=O) groups excluding carboxylic acids is 1. The Labute approximate surface area is 148 Å². The Kier molecular flexibility index (Phi) is 5.14. The molecule has 0 aliphatic heterocycles. The molecule has 0 atom stereocenters. The molecule has 3 aromatic rings. The summed E-state index contributed by atoms with van der Waals surface area (Å²) in [5.41, 5.74) is 2.60. The molecule has 3 nitrogen and oxygen atoms in total. The van der Waals surface area contributed by atoms with Gasteiger partial charge in [0.2, 0.25) is 0 Å². The topological polar surface area (TPSA) is 38.3 Å². The van der Waals surface area contributed by atoms with E-state index >= 15 is 0 Å². The van der Waals surface area contributed by atoms with Gasteiger partial charge in [0, 0.05) is 11.3 Å². The molecule has 0 aliphatic rings. The first-order valence-corrected chi connectivity index (χ1v) is 8.36. The standard InChI is InChI=1S/C22H21NO2/c1-16(2)18-7-6-8-19(15-18)23-22(24)17-11-13-21(14-12-17)25-20-9-4-3-5-10-20/h3-16H,1-2H3,(H,23,24). The maximum absolute atomic E-state index is 12.4. The number of rotatable bonds is 5. The van der Waals surface area contributed by atoms with Crippen molar-refractivity contribution < 1.29 is 9.53 Å². The number of para-hydroxylation sites is 1. The zero-order valence-corrected chi connectivity index (χ0v) is 14.4. The Hall–Kier alpha value is -3.07. The van der Waals surface area contributed by atoms with E-state index in [-0.39, 0.29) is 5.91 Å². The Morgan fingerprint density at radius 3 is 2.20 bits per heavy atom. The molecule has 3 rings (SSSR count). The van der Waals surface area contributed by atoms with Gasteiger partial charge in [-0.25, -0.2) is 0 Å². The second kappa shape index (κ2) is 7.67. The SMILES string of the molecule is CC(C)c1cccc(NC(=O)c2ccc(Oc3ccccc3)cc2)c1. The lowest BCUT2D eigenvalue weighted by molar-refractivity contribution is 0.102. The fourth-order valence-electron chi connectivity index (χ4n) is 2.48. The molecule has 1 amide bonds. The Morgan fingerprint density at radius 2 is 1.52 bits per heavy atom. The minimum Gasteiger partial charge on any atom is -0.457 e. The van der Waals surface area contributed by atoms with Crippen LogP contribution in [0, 0.1) is 0 Å². The molecule has 0 heterocycles. The van der Waals surface area contributed by atoms with Crippen LogP contribution in [0.3, 0.4) is 0 Å². The second-order valence-electron chi connectivity index (χ2n) is 6.17. The van der Waals surface area contributed by atoms with Crippen molar-refractivity contribution in [2.45, 2.75) is 19.8 Å². The Balaban J connectivity index is 1.67. The molecule has 0 bridgehead atoms. The summed E-state index contributed by atoms with van der Waals surface area (Å²) in [6.07, 6.45) is 0. The number of nitrogens with one attached hydrogen (secondary N) is 1. The average molecular weight is 331 g/mol. The highest BCUT2D eigenvalue weighted by atomic mass is 16.5. The van der Waals surface area contributed by atoms with E-state index in [4.69, 9.17) is 4.74 Å². The van der Waals surface area contributed by atoms with Gasteiger partial charge in [-0.1, -0.05) is 44.2 Å². The highest BCUT2D eigenvalue weighted by molar-refractivity contribution is 6.04. The molecule has 0 aromatic heterocycles. The van der Waals surface area contributed by atoms with Crippen LogP contribution in [-0.2, 0) is 0 Å². The summed E-state index contributed by atoms with van der Waals surface area (Å²) in [6, 6.07) is 24.6. The lowest BCUT2D eigenvalue weighted by Crippen LogP contribution is -2.11. The predicted octanol–water partition coefficient (Wildman–Crippen LogP) is 5.85. The maximum atomic E-state index is 12.4. The summed E-state index contributed by atoms with van der Waals surface area (Å²) < 4.78 is 5.74. The van der Waals surface area contributed by atoms with Gasteiger partial charge in [-0.2, -0.15) is 0 Å². The summed E-state index contributed by atoms with van der Waals surface area (Å²) >= 11 is 0. The summed E-state index contributed by atoms with van der Waals surface area (Å²) in [5.74, 6) is 1.76. The van der Waals surface area contributed by atoms with E-state index in [2.05, 4.69) is 25.2 Å². The Morgan fingerprint density at radius 1 is 0.840 bits per heavy atom. The molecule has 25 heavy (non-hydrogen) atoms. The highest BCUT2D eigenvalue weighted by Gasteiger charge is 2.08. The van der Waals surface area contributed by atoms with Crippen molar-refractivity contribution in [2.75, 3.05) is 5.32 Å². The molecular weight excluding hydrogens is 310 g/mol. The lowest BCUT2D eigenvalue weighted by Gasteiger charge is -2.10. The van der Waals surface area contributed by atoms with Crippen molar-refractivity contribution in [3.8, 4) is 11.5 Å². The van der Waals surface area contributed by atoms with Crippen molar-refractivity contribution in [1.82, 2.24) is 0 Å². The summed E-state index contributed by atoms with van der Waals surface area (Å²) in [6.45, 7) is 4.26. The molecule has 0 unspecified atom stereocenters. The third kappa shape index (κ3) is 4.48. The molecule has 0 radical (unpaired) electrons. The zero-order valence-electron chi connectivity index (χ0n) is 14.4. The van der Waals surface area contributed by atoms with Crippen LogP contribution in [0.4, 0.5) is 5.69 Å². The van der Waals surface area contributed by atoms with Gasteiger partial charge in [0.05, 0.1) is 0 Å². The van der Waals surface area contributed by atoms with E-state index < -0.39 is 0 Å². The maximum Gasteiger partial charge on any atom is 0.255 e. The fraction of sp³-hybridized carbons (Fsp3) is 0.136. The number of benzene rings is 3. The summed E-state index contributed by atoms with van der Waals surface area (Å²) in [5, 5.41) is 2.94. The third-order valence-corrected chi connectivity index (χ3v) is 3.91. The monoisotopic (exact) mass is 331 g/mol. The third-order valence-electron chi connectivity index (χ3n) is 3.91. The second-order valence-corrected chi connectivity index (χ2v) is 6.17. The van der Waals surface area contributed by atoms with Crippen molar-refractivity contribution in [3.05, 3.63) is 90.0 Å². The highest BCUT2D eigenvalue weighted by Crippen LogP contribution is 2.22. The smallest absolute Gasteiger partial charge is 0.255 e. The van der Waals surface area contributed by atoms with Crippen LogP contribution in [-0.4, -0.2) is 5.91 Å². The first kappa shape index (κ1) is 16.8. The number of carbonyl (C=O) groups is 1. The number of anilines is 1. The number of hydrogen-bond donors (Lipinski definition) is 1. The number of amides is 1. The average Bonchev–Trinajstić information content (AvgIpc) is 2.63. The fourth-order valence-corrected chi connectivity index (χ4v) is 2.48. The van der Waals surface area contributed by atoms with Crippen LogP contribution in [0.25, 0.3) is 0 Å². The van der Waals surface area contributed by atoms with Crippen LogP contribution in [0.5, 0.6) is 11.5 Å². The van der Waals surface area contributed by atoms with Gasteiger partial charge < -0.3 is 10.1 Å². The van der Waals surface area contributed by atoms with Crippen molar-refractivity contribution >= 4 is 11.6 Å². The first-order chi connectivity index (χ1) is 12.1. The van der Waals surface area contributed by atoms with Gasteiger partial charge in [-0.05, 0) is 60.0 Å². The quantitative estimate of drug-likeness (QED) is 0.636. The van der Waals surface area contributed by atoms with Gasteiger partial charge in [-0.15, -0.1) is 0 Å². The van der Waals surface area contributed by atoms with Crippen LogP contribution < -0.4 is 10.1 Å². The van der Waals surface area contributed by atoms with Crippen LogP contribution in [0.1, 0.15) is 35.7 Å². The lowest BCUT2D eigenvalue weighted by atomic mass is 10.0. The van der Waals surface area contributed by atoms with Crippen LogP contribution in [0.2, 0.25) is 0 Å². The molecule has 3 aromatic carbocycles. The van der Waals surface area contributed by atoms with E-state index in [1.54, 1.807) is 24.3 Å². The van der Waals surface area contributed by atoms with Gasteiger partial charge in [0.1, 0.15) is 11.5 Å². The minimum atomic E-state index is -0.132. The molecule has 0 spiro atoms. The summed E-state index contributed by atoms with van der Waals surface area (Å²) in [7, 11) is 0. The number of hydrogen-bond acceptors (Lipinski definition) is 2. The zero-order chi connectivity index (χ0) is 17.6. The minimum absolute atomic E-state index is 0.132. The largest absolute Gasteiger partial charge is 0.457 e. The van der Waals surface area contributed by atoms with E-state index in [0.717, 1.165) is 11.4 Å². The van der Waals surface area contributed by atoms with E-state index in [0.29, 0.717) is 17.2 Å². The van der Waals surface area contributed by atoms with Crippen LogP contribution >= 0.6 is 0 Å². The molecule has 0 aliphatic carbocycles. The molecule has 0 fully saturated rings. The first-order valence-electron chi connectivity index (χ1n) is 8.36. The van der Waals surface area contributed by atoms with E-state index in [1.165, 1.54) is 5.56 Å². The van der Waals surface area contributed by atoms with Crippen molar-refractivity contribution in [1.29, 1.82) is 0 Å². The van der Waals surface area contributed by atoms with Gasteiger partial charge in [-0.3, -0.25) is 4.79 Å². The molecular formula is C22H21NO2. The van der Waals surface area contributed by atoms with E-state index in [9.17, 15) is 4.79 Å². The van der Waals surface area contributed by atoms with Crippen molar-refractivity contribution in [2.24, 2.45) is 0 Å². The van der Waals surface area contributed by atoms with Crippen LogP contribution in [0.15, 0.2) is 78.9 Å². The van der Waals surface area contributed by atoms with Gasteiger partial charge in [0.15, 0.2) is 0 Å². The number of ether oxygens (including phenoxy) is 1. The molecule has 3 heteroatoms. The molecule has 126 valence electrons. The van der Waals surface area contributed by atoms with Crippen molar-refractivity contribution in [3.63, 3.8) is 0 Å². The molecule has 0 saturated carbocycles.